The minimum Gasteiger partial charge on any atom is -0.285 e. The van der Waals surface area contributed by atoms with Gasteiger partial charge in [-0.15, -0.1) is 6.58 Å². The summed E-state index contributed by atoms with van der Waals surface area (Å²) < 4.78 is 27.3. The predicted molar refractivity (Wildman–Crippen MR) is 63.1 cm³/mol. The van der Waals surface area contributed by atoms with E-state index in [1.165, 1.54) is 5.56 Å². The molecule has 0 saturated carbocycles. The van der Waals surface area contributed by atoms with Gasteiger partial charge in [-0.05, 0) is 5.56 Å². The molecule has 0 aliphatic heterocycles. The molecule has 3 nitrogen and oxygen atoms in total. The van der Waals surface area contributed by atoms with Crippen LogP contribution in [-0.2, 0) is 10.1 Å². The highest BCUT2D eigenvalue weighted by Crippen LogP contribution is 1.97. The molecular weight excluding hydrogens is 212 g/mol. The number of rotatable bonds is 3. The van der Waals surface area contributed by atoms with Gasteiger partial charge in [0.1, 0.15) is 0 Å². The Kier molecular flexibility index (Phi) is 6.33. The van der Waals surface area contributed by atoms with Crippen LogP contribution < -0.4 is 0 Å². The van der Waals surface area contributed by atoms with Gasteiger partial charge in [0, 0.05) is 0 Å². The van der Waals surface area contributed by atoms with E-state index >= 15 is 0 Å². The molecule has 0 heterocycles. The second-order valence-electron chi connectivity index (χ2n) is 2.65. The average molecular weight is 226 g/mol. The van der Waals surface area contributed by atoms with E-state index in [1.54, 1.807) is 0 Å². The molecule has 0 aliphatic rings. The molecule has 1 rings (SSSR count). The molecule has 0 bridgehead atoms. The van der Waals surface area contributed by atoms with Crippen LogP contribution in [0.5, 0.6) is 0 Å². The molecule has 0 aromatic heterocycles. The zero-order chi connectivity index (χ0) is 11.7. The molecule has 1 aromatic carbocycles. The first-order chi connectivity index (χ1) is 6.99. The van der Waals surface area contributed by atoms with Crippen molar-refractivity contribution in [1.82, 2.24) is 0 Å². The molecule has 1 aromatic rings. The topological polar surface area (TPSA) is 54.4 Å². The van der Waals surface area contributed by atoms with Gasteiger partial charge in [0.25, 0.3) is 10.1 Å². The Labute approximate surface area is 90.5 Å². The smallest absolute Gasteiger partial charge is 0.268 e. The molecule has 15 heavy (non-hydrogen) atoms. The zero-order valence-corrected chi connectivity index (χ0v) is 9.15. The maximum atomic E-state index is 9.72. The standard InChI is InChI=1S/C8H8.C3H6O3S/c1-2-8-6-4-3-5-7-8;1-2-3-7(4,5)6/h2-7H,1H2;2H,1,3H2,(H,4,5,6). The normalized spacial score (nSPS) is 9.67. The SMILES string of the molecule is C=CCS(=O)(=O)O.C=Cc1ccccc1. The fourth-order valence-corrected chi connectivity index (χ4v) is 1.04. The lowest BCUT2D eigenvalue weighted by atomic mass is 10.2. The summed E-state index contributed by atoms with van der Waals surface area (Å²) in [7, 11) is -3.79. The molecule has 0 amide bonds. The van der Waals surface area contributed by atoms with E-state index < -0.39 is 10.1 Å². The summed E-state index contributed by atoms with van der Waals surface area (Å²) in [4.78, 5) is 0. The Morgan fingerprint density at radius 1 is 1.20 bits per heavy atom. The van der Waals surface area contributed by atoms with Gasteiger partial charge in [-0.25, -0.2) is 0 Å². The molecular formula is C11H14O3S. The maximum absolute atomic E-state index is 9.72. The van der Waals surface area contributed by atoms with E-state index in [1.807, 2.05) is 36.4 Å². The minimum absolute atomic E-state index is 0.368. The van der Waals surface area contributed by atoms with Crippen LogP contribution >= 0.6 is 0 Å². The van der Waals surface area contributed by atoms with Gasteiger partial charge in [0.05, 0.1) is 5.75 Å². The van der Waals surface area contributed by atoms with Crippen molar-refractivity contribution in [3.05, 3.63) is 55.1 Å². The molecule has 0 radical (unpaired) electrons. The molecule has 0 aliphatic carbocycles. The van der Waals surface area contributed by atoms with Gasteiger partial charge in [0.15, 0.2) is 0 Å². The summed E-state index contributed by atoms with van der Waals surface area (Å²) in [6.07, 6.45) is 2.95. The van der Waals surface area contributed by atoms with Crippen LogP contribution in [0.3, 0.4) is 0 Å². The number of hydrogen-bond donors (Lipinski definition) is 1. The third-order valence-electron chi connectivity index (χ3n) is 1.36. The van der Waals surface area contributed by atoms with Crippen molar-refractivity contribution in [1.29, 1.82) is 0 Å². The zero-order valence-electron chi connectivity index (χ0n) is 8.33. The van der Waals surface area contributed by atoms with Crippen molar-refractivity contribution in [2.24, 2.45) is 0 Å². The van der Waals surface area contributed by atoms with Crippen LogP contribution in [0.4, 0.5) is 0 Å². The quantitative estimate of drug-likeness (QED) is 0.636. The lowest BCUT2D eigenvalue weighted by Crippen LogP contribution is -1.99. The lowest BCUT2D eigenvalue weighted by Gasteiger charge is -1.85. The first-order valence-electron chi connectivity index (χ1n) is 4.23. The highest BCUT2D eigenvalue weighted by molar-refractivity contribution is 7.85. The van der Waals surface area contributed by atoms with E-state index in [2.05, 4.69) is 13.2 Å². The Morgan fingerprint density at radius 3 is 1.93 bits per heavy atom. The third-order valence-corrected chi connectivity index (χ3v) is 2.02. The van der Waals surface area contributed by atoms with Crippen LogP contribution in [0.2, 0.25) is 0 Å². The number of benzene rings is 1. The van der Waals surface area contributed by atoms with Crippen molar-refractivity contribution in [3.8, 4) is 0 Å². The molecule has 1 N–H and O–H groups in total. The molecule has 0 saturated heterocycles. The second kappa shape index (κ2) is 6.98. The van der Waals surface area contributed by atoms with Gasteiger partial charge in [-0.1, -0.05) is 49.1 Å². The van der Waals surface area contributed by atoms with Crippen molar-refractivity contribution < 1.29 is 13.0 Å². The molecule has 0 atom stereocenters. The monoisotopic (exact) mass is 226 g/mol. The maximum Gasteiger partial charge on any atom is 0.268 e. The summed E-state index contributed by atoms with van der Waals surface area (Å²) in [5, 5.41) is 0. The molecule has 0 spiro atoms. The second-order valence-corrected chi connectivity index (χ2v) is 4.15. The Bertz CT molecular complexity index is 393. The molecule has 0 fully saturated rings. The Morgan fingerprint density at radius 2 is 1.73 bits per heavy atom. The van der Waals surface area contributed by atoms with E-state index in [9.17, 15) is 8.42 Å². The number of hydrogen-bond acceptors (Lipinski definition) is 2. The van der Waals surface area contributed by atoms with Gasteiger partial charge >= 0.3 is 0 Å². The van der Waals surface area contributed by atoms with Crippen molar-refractivity contribution in [3.63, 3.8) is 0 Å². The van der Waals surface area contributed by atoms with Crippen molar-refractivity contribution in [2.75, 3.05) is 5.75 Å². The van der Waals surface area contributed by atoms with Crippen LogP contribution in [0.1, 0.15) is 5.56 Å². The fraction of sp³-hybridized carbons (Fsp3) is 0.0909. The van der Waals surface area contributed by atoms with Gasteiger partial charge in [-0.2, -0.15) is 8.42 Å². The highest BCUT2D eigenvalue weighted by Gasteiger charge is 1.95. The largest absolute Gasteiger partial charge is 0.285 e. The Balaban J connectivity index is 0.000000265. The highest BCUT2D eigenvalue weighted by atomic mass is 32.2. The van der Waals surface area contributed by atoms with E-state index in [4.69, 9.17) is 4.55 Å². The molecule has 82 valence electrons. The summed E-state index contributed by atoms with van der Waals surface area (Å²) in [5.41, 5.74) is 1.17. The first-order valence-corrected chi connectivity index (χ1v) is 5.84. The molecule has 4 heteroatoms. The van der Waals surface area contributed by atoms with Crippen LogP contribution in [-0.4, -0.2) is 18.7 Å². The summed E-state index contributed by atoms with van der Waals surface area (Å²) in [6, 6.07) is 10.0. The fourth-order valence-electron chi connectivity index (χ4n) is 0.738. The molecule has 0 unspecified atom stereocenters. The Hall–Kier alpha value is -1.39. The van der Waals surface area contributed by atoms with Gasteiger partial charge in [-0.3, -0.25) is 4.55 Å². The van der Waals surface area contributed by atoms with E-state index in [0.29, 0.717) is 0 Å². The van der Waals surface area contributed by atoms with Crippen LogP contribution in [0.15, 0.2) is 49.6 Å². The summed E-state index contributed by atoms with van der Waals surface area (Å²) >= 11 is 0. The van der Waals surface area contributed by atoms with Crippen LogP contribution in [0.25, 0.3) is 6.08 Å². The lowest BCUT2D eigenvalue weighted by molar-refractivity contribution is 0.487. The minimum atomic E-state index is -3.79. The van der Waals surface area contributed by atoms with Gasteiger partial charge in [0.2, 0.25) is 0 Å². The van der Waals surface area contributed by atoms with Crippen molar-refractivity contribution >= 4 is 16.2 Å². The van der Waals surface area contributed by atoms with E-state index in [0.717, 1.165) is 6.08 Å². The summed E-state index contributed by atoms with van der Waals surface area (Å²) in [6.45, 7) is 6.74. The van der Waals surface area contributed by atoms with Crippen molar-refractivity contribution in [2.45, 2.75) is 0 Å². The van der Waals surface area contributed by atoms with Crippen LogP contribution in [0, 0.1) is 0 Å². The average Bonchev–Trinajstić information content (AvgIpc) is 2.18. The predicted octanol–water partition coefficient (Wildman–Crippen LogP) is 2.39. The van der Waals surface area contributed by atoms with E-state index in [-0.39, 0.29) is 5.75 Å². The van der Waals surface area contributed by atoms with Gasteiger partial charge < -0.3 is 0 Å². The first kappa shape index (κ1) is 13.6. The third kappa shape index (κ3) is 8.93. The summed E-state index contributed by atoms with van der Waals surface area (Å²) in [5.74, 6) is -0.368.